The Morgan fingerprint density at radius 3 is 1.55 bits per heavy atom. The van der Waals surface area contributed by atoms with E-state index in [0.29, 0.717) is 5.82 Å². The molecule has 0 radical (unpaired) electrons. The molecule has 0 saturated heterocycles. The topological polar surface area (TPSA) is 37.8 Å². The van der Waals surface area contributed by atoms with Crippen molar-refractivity contribution >= 4 is 11.8 Å². The van der Waals surface area contributed by atoms with Gasteiger partial charge < -0.3 is 5.32 Å². The van der Waals surface area contributed by atoms with Crippen LogP contribution in [0.2, 0.25) is 0 Å². The molecule has 3 unspecified atom stereocenters. The number of hydrogen-bond acceptors (Lipinski definition) is 3. The van der Waals surface area contributed by atoms with Gasteiger partial charge in [-0.15, -0.1) is 6.58 Å². The predicted octanol–water partition coefficient (Wildman–Crippen LogP) is 13.0. The number of allylic oxidation sites excluding steroid dienone is 1. The minimum absolute atomic E-state index is 0.0291. The Kier molecular flexibility index (Phi) is 9.72. The molecule has 1 aromatic heterocycles. The zero-order valence-corrected chi connectivity index (χ0v) is 31.0. The molecule has 0 spiro atoms. The van der Waals surface area contributed by atoms with E-state index in [4.69, 9.17) is 9.97 Å². The molecule has 3 nitrogen and oxygen atoms in total. The maximum atomic E-state index is 5.24. The number of aromatic nitrogens is 2. The second-order valence-corrected chi connectivity index (χ2v) is 14.3. The number of rotatable bonds is 10. The van der Waals surface area contributed by atoms with Crippen molar-refractivity contribution in [3.8, 4) is 45.0 Å². The molecule has 56 heavy (non-hydrogen) atoms. The summed E-state index contributed by atoms with van der Waals surface area (Å²) < 4.78 is 0. The standard InChI is InChI=1S/C53H41N3/c1-2-46(39-20-10-4-11-21-39)51(42-24-14-6-15-25-42)52-47-34-45(33-32-44(47)35-48(54-52)40-22-12-5-13-23-40)50-36-49(55-53(56-50)43-26-16-7-17-27-43)41-30-28-38(29-31-41)37-18-8-3-9-19-37/h2-36,46,51-52,54H,1H2. The van der Waals surface area contributed by atoms with E-state index < -0.39 is 0 Å². The Hall–Kier alpha value is -7.10. The molecule has 1 aliphatic rings. The summed E-state index contributed by atoms with van der Waals surface area (Å²) in [4.78, 5) is 10.4. The first kappa shape index (κ1) is 34.7. The molecule has 0 fully saturated rings. The largest absolute Gasteiger partial charge is 0.377 e. The molecule has 8 aromatic rings. The van der Waals surface area contributed by atoms with E-state index in [1.54, 1.807) is 0 Å². The third kappa shape index (κ3) is 7.11. The Morgan fingerprint density at radius 1 is 0.464 bits per heavy atom. The van der Waals surface area contributed by atoms with Crippen molar-refractivity contribution in [3.63, 3.8) is 0 Å². The molecule has 2 heterocycles. The van der Waals surface area contributed by atoms with E-state index in [1.165, 1.54) is 33.4 Å². The molecule has 0 aliphatic carbocycles. The van der Waals surface area contributed by atoms with Gasteiger partial charge in [0.15, 0.2) is 5.82 Å². The average molecular weight is 720 g/mol. The van der Waals surface area contributed by atoms with Crippen molar-refractivity contribution in [2.45, 2.75) is 17.9 Å². The summed E-state index contributed by atoms with van der Waals surface area (Å²) in [6.45, 7) is 4.42. The Balaban J connectivity index is 1.20. The fourth-order valence-corrected chi connectivity index (χ4v) is 8.02. The van der Waals surface area contributed by atoms with Gasteiger partial charge in [0.2, 0.25) is 0 Å². The van der Waals surface area contributed by atoms with E-state index in [-0.39, 0.29) is 17.9 Å². The lowest BCUT2D eigenvalue weighted by atomic mass is 9.73. The third-order valence-electron chi connectivity index (χ3n) is 10.8. The van der Waals surface area contributed by atoms with Crippen LogP contribution in [0.25, 0.3) is 56.8 Å². The van der Waals surface area contributed by atoms with Gasteiger partial charge in [-0.1, -0.05) is 194 Å². The zero-order chi connectivity index (χ0) is 37.7. The van der Waals surface area contributed by atoms with Crippen LogP contribution in [0.1, 0.15) is 45.7 Å². The maximum absolute atomic E-state index is 5.24. The monoisotopic (exact) mass is 719 g/mol. The van der Waals surface area contributed by atoms with Gasteiger partial charge in [0.1, 0.15) is 0 Å². The van der Waals surface area contributed by atoms with Gasteiger partial charge in [0.05, 0.1) is 17.4 Å². The molecule has 3 atom stereocenters. The van der Waals surface area contributed by atoms with E-state index in [2.05, 4.69) is 200 Å². The fraction of sp³-hybridized carbons (Fsp3) is 0.0566. The Labute approximate surface area is 329 Å². The highest BCUT2D eigenvalue weighted by Gasteiger charge is 2.35. The van der Waals surface area contributed by atoms with Gasteiger partial charge in [-0.05, 0) is 57.2 Å². The van der Waals surface area contributed by atoms with Crippen LogP contribution >= 0.6 is 0 Å². The van der Waals surface area contributed by atoms with E-state index in [0.717, 1.165) is 39.3 Å². The normalized spacial score (nSPS) is 14.4. The van der Waals surface area contributed by atoms with Gasteiger partial charge in [0.25, 0.3) is 0 Å². The SMILES string of the molecule is C=CC(c1ccccc1)C(c1ccccc1)C1NC(c2ccccc2)=Cc2ccc(-c3cc(-c4ccc(-c5ccccc5)cc4)nc(-c4ccccc4)n3)cc21. The molecule has 9 rings (SSSR count). The maximum Gasteiger partial charge on any atom is 0.160 e. The van der Waals surface area contributed by atoms with Crippen LogP contribution in [0.15, 0.2) is 213 Å². The summed E-state index contributed by atoms with van der Waals surface area (Å²) in [6.07, 6.45) is 4.40. The molecule has 0 bridgehead atoms. The van der Waals surface area contributed by atoms with Crippen molar-refractivity contribution in [1.82, 2.24) is 15.3 Å². The number of fused-ring (bicyclic) bond motifs is 1. The van der Waals surface area contributed by atoms with Crippen LogP contribution < -0.4 is 5.32 Å². The van der Waals surface area contributed by atoms with Crippen LogP contribution in [0.5, 0.6) is 0 Å². The summed E-state index contributed by atoms with van der Waals surface area (Å²) in [6, 6.07) is 70.5. The highest BCUT2D eigenvalue weighted by molar-refractivity contribution is 5.85. The fourth-order valence-electron chi connectivity index (χ4n) is 8.02. The predicted molar refractivity (Wildman–Crippen MR) is 233 cm³/mol. The van der Waals surface area contributed by atoms with Gasteiger partial charge in [0, 0.05) is 34.2 Å². The van der Waals surface area contributed by atoms with Crippen LogP contribution in [-0.4, -0.2) is 9.97 Å². The number of nitrogens with zero attached hydrogens (tertiary/aromatic N) is 2. The first-order valence-corrected chi connectivity index (χ1v) is 19.2. The van der Waals surface area contributed by atoms with Crippen LogP contribution in [0.3, 0.4) is 0 Å². The highest BCUT2D eigenvalue weighted by atomic mass is 15.0. The number of nitrogens with one attached hydrogen (secondary N) is 1. The van der Waals surface area contributed by atoms with E-state index in [9.17, 15) is 0 Å². The van der Waals surface area contributed by atoms with Crippen molar-refractivity contribution < 1.29 is 0 Å². The second-order valence-electron chi connectivity index (χ2n) is 14.3. The molecule has 0 amide bonds. The van der Waals surface area contributed by atoms with Crippen molar-refractivity contribution in [3.05, 3.63) is 241 Å². The summed E-state index contributed by atoms with van der Waals surface area (Å²) in [7, 11) is 0. The molecular formula is C53H41N3. The van der Waals surface area contributed by atoms with Gasteiger partial charge >= 0.3 is 0 Å². The van der Waals surface area contributed by atoms with Crippen molar-refractivity contribution in [1.29, 1.82) is 0 Å². The molecule has 3 heteroatoms. The molecule has 1 N–H and O–H groups in total. The van der Waals surface area contributed by atoms with Crippen molar-refractivity contribution in [2.24, 2.45) is 0 Å². The van der Waals surface area contributed by atoms with E-state index >= 15 is 0 Å². The Bertz CT molecular complexity index is 2600. The van der Waals surface area contributed by atoms with Gasteiger partial charge in [-0.25, -0.2) is 9.97 Å². The lowest BCUT2D eigenvalue weighted by molar-refractivity contribution is 0.465. The lowest BCUT2D eigenvalue weighted by Gasteiger charge is -2.38. The highest BCUT2D eigenvalue weighted by Crippen LogP contribution is 2.47. The van der Waals surface area contributed by atoms with Gasteiger partial charge in [-0.3, -0.25) is 0 Å². The smallest absolute Gasteiger partial charge is 0.160 e. The lowest BCUT2D eigenvalue weighted by Crippen LogP contribution is -2.32. The molecule has 0 saturated carbocycles. The molecule has 268 valence electrons. The van der Waals surface area contributed by atoms with Gasteiger partial charge in [-0.2, -0.15) is 0 Å². The summed E-state index contributed by atoms with van der Waals surface area (Å²) in [5, 5.41) is 4.06. The molecular weight excluding hydrogens is 679 g/mol. The summed E-state index contributed by atoms with van der Waals surface area (Å²) >= 11 is 0. The average Bonchev–Trinajstić information content (AvgIpc) is 3.29. The van der Waals surface area contributed by atoms with Crippen LogP contribution in [0.4, 0.5) is 0 Å². The first-order valence-electron chi connectivity index (χ1n) is 19.2. The minimum atomic E-state index is -0.0869. The van der Waals surface area contributed by atoms with Crippen LogP contribution in [-0.2, 0) is 0 Å². The Morgan fingerprint density at radius 2 is 0.946 bits per heavy atom. The molecule has 1 aliphatic heterocycles. The van der Waals surface area contributed by atoms with E-state index in [1.807, 2.05) is 24.3 Å². The van der Waals surface area contributed by atoms with Crippen LogP contribution in [0, 0.1) is 0 Å². The molecule has 7 aromatic carbocycles. The second kappa shape index (κ2) is 15.7. The summed E-state index contributed by atoms with van der Waals surface area (Å²) in [5.74, 6) is 0.764. The minimum Gasteiger partial charge on any atom is -0.377 e. The third-order valence-corrected chi connectivity index (χ3v) is 10.8. The first-order chi connectivity index (χ1) is 27.7. The number of hydrogen-bond donors (Lipinski definition) is 1. The number of benzene rings is 7. The van der Waals surface area contributed by atoms with Crippen molar-refractivity contribution in [2.75, 3.05) is 0 Å². The zero-order valence-electron chi connectivity index (χ0n) is 31.0. The quantitative estimate of drug-likeness (QED) is 0.143. The summed E-state index contributed by atoms with van der Waals surface area (Å²) in [5.41, 5.74) is 14.3.